The van der Waals surface area contributed by atoms with Crippen molar-refractivity contribution in [2.75, 3.05) is 7.11 Å². The molecule has 0 radical (unpaired) electrons. The zero-order chi connectivity index (χ0) is 15.8. The number of ketones is 1. The number of para-hydroxylation sites is 2. The van der Waals surface area contributed by atoms with Crippen molar-refractivity contribution in [3.05, 3.63) is 78.1 Å². The molecule has 0 saturated heterocycles. The predicted molar refractivity (Wildman–Crippen MR) is 86.5 cm³/mol. The van der Waals surface area contributed by atoms with Crippen molar-refractivity contribution in [2.24, 2.45) is 0 Å². The Labute approximate surface area is 133 Å². The van der Waals surface area contributed by atoms with Gasteiger partial charge in [0.25, 0.3) is 0 Å². The van der Waals surface area contributed by atoms with Crippen molar-refractivity contribution in [3.8, 4) is 17.2 Å². The molecular formula is C19H15NO3. The van der Waals surface area contributed by atoms with E-state index in [1.165, 1.54) is 0 Å². The van der Waals surface area contributed by atoms with E-state index in [0.29, 0.717) is 11.4 Å². The lowest BCUT2D eigenvalue weighted by Gasteiger charge is -2.16. The molecule has 1 aliphatic rings. The predicted octanol–water partition coefficient (Wildman–Crippen LogP) is 3.80. The van der Waals surface area contributed by atoms with E-state index in [2.05, 4.69) is 0 Å². The monoisotopic (exact) mass is 305 g/mol. The maximum Gasteiger partial charge on any atom is 0.224 e. The highest BCUT2D eigenvalue weighted by molar-refractivity contribution is 6.00. The Kier molecular flexibility index (Phi) is 3.15. The number of aromatic nitrogens is 1. The average molecular weight is 305 g/mol. The third kappa shape index (κ3) is 2.19. The minimum atomic E-state index is -0.668. The molecule has 2 aromatic carbocycles. The van der Waals surface area contributed by atoms with Gasteiger partial charge in [0, 0.05) is 11.8 Å². The zero-order valence-corrected chi connectivity index (χ0v) is 12.6. The Hall–Kier alpha value is -3.01. The molecule has 0 N–H and O–H groups in total. The number of carbonyl (C=O) groups excluding carboxylic acids is 1. The number of methoxy groups -OCH3 is 1. The fourth-order valence-corrected chi connectivity index (χ4v) is 2.86. The zero-order valence-electron chi connectivity index (χ0n) is 12.6. The summed E-state index contributed by atoms with van der Waals surface area (Å²) in [6.07, 6.45) is 1.21. The normalized spacial score (nSPS) is 16.0. The third-order valence-electron chi connectivity index (χ3n) is 4.03. The fraction of sp³-hybridized carbons (Fsp3) is 0.105. The first-order chi connectivity index (χ1) is 11.3. The number of fused-ring (bicyclic) bond motifs is 3. The van der Waals surface area contributed by atoms with Crippen LogP contribution in [0.2, 0.25) is 0 Å². The SMILES string of the molecule is COc1ccc(C2Oc3ccccc3-n3cccc3C2=O)cc1. The fourth-order valence-electron chi connectivity index (χ4n) is 2.86. The van der Waals surface area contributed by atoms with Gasteiger partial charge in [0.2, 0.25) is 5.78 Å². The van der Waals surface area contributed by atoms with Crippen molar-refractivity contribution in [1.29, 1.82) is 0 Å². The Morgan fingerprint density at radius 2 is 1.78 bits per heavy atom. The van der Waals surface area contributed by atoms with E-state index in [0.717, 1.165) is 17.0 Å². The van der Waals surface area contributed by atoms with Crippen LogP contribution in [0.25, 0.3) is 5.69 Å². The summed E-state index contributed by atoms with van der Waals surface area (Å²) >= 11 is 0. The van der Waals surface area contributed by atoms with Gasteiger partial charge in [-0.2, -0.15) is 0 Å². The van der Waals surface area contributed by atoms with Crippen molar-refractivity contribution in [3.63, 3.8) is 0 Å². The molecule has 0 spiro atoms. The molecule has 23 heavy (non-hydrogen) atoms. The number of hydrogen-bond acceptors (Lipinski definition) is 3. The van der Waals surface area contributed by atoms with Gasteiger partial charge in [0.15, 0.2) is 6.10 Å². The van der Waals surface area contributed by atoms with Crippen molar-refractivity contribution in [2.45, 2.75) is 6.10 Å². The molecule has 0 amide bonds. The molecule has 4 rings (SSSR count). The van der Waals surface area contributed by atoms with E-state index in [1.54, 1.807) is 7.11 Å². The molecule has 0 bridgehead atoms. The highest BCUT2D eigenvalue weighted by Gasteiger charge is 2.30. The van der Waals surface area contributed by atoms with Gasteiger partial charge in [0.1, 0.15) is 11.5 Å². The van der Waals surface area contributed by atoms with Crippen molar-refractivity contribution < 1.29 is 14.3 Å². The summed E-state index contributed by atoms with van der Waals surface area (Å²) in [7, 11) is 1.62. The summed E-state index contributed by atoms with van der Waals surface area (Å²) in [4.78, 5) is 12.9. The number of benzene rings is 2. The van der Waals surface area contributed by atoms with Crippen molar-refractivity contribution >= 4 is 5.78 Å². The molecule has 1 atom stereocenters. The van der Waals surface area contributed by atoms with Crippen LogP contribution in [0.4, 0.5) is 0 Å². The number of nitrogens with zero attached hydrogens (tertiary/aromatic N) is 1. The molecule has 3 aromatic rings. The van der Waals surface area contributed by atoms with Gasteiger partial charge in [-0.3, -0.25) is 4.79 Å². The van der Waals surface area contributed by atoms with Crippen molar-refractivity contribution in [1.82, 2.24) is 4.57 Å². The molecule has 0 saturated carbocycles. The molecule has 114 valence electrons. The highest BCUT2D eigenvalue weighted by Crippen LogP contribution is 2.35. The number of carbonyl (C=O) groups is 1. The minimum Gasteiger partial charge on any atom is -0.497 e. The van der Waals surface area contributed by atoms with Gasteiger partial charge >= 0.3 is 0 Å². The quantitative estimate of drug-likeness (QED) is 0.723. The molecule has 1 unspecified atom stereocenters. The van der Waals surface area contributed by atoms with Crippen LogP contribution in [0.15, 0.2) is 66.9 Å². The molecule has 0 fully saturated rings. The average Bonchev–Trinajstić information content (AvgIpc) is 3.05. The van der Waals surface area contributed by atoms with Crippen LogP contribution < -0.4 is 9.47 Å². The molecule has 1 aliphatic heterocycles. The second kappa shape index (κ2) is 5.32. The maximum absolute atomic E-state index is 12.9. The number of ether oxygens (including phenoxy) is 2. The Morgan fingerprint density at radius 3 is 2.57 bits per heavy atom. The number of hydrogen-bond donors (Lipinski definition) is 0. The largest absolute Gasteiger partial charge is 0.497 e. The Bertz CT molecular complexity index is 864. The lowest BCUT2D eigenvalue weighted by Crippen LogP contribution is -2.18. The molecule has 0 aliphatic carbocycles. The van der Waals surface area contributed by atoms with Crippen LogP contribution in [-0.2, 0) is 0 Å². The topological polar surface area (TPSA) is 40.5 Å². The molecule has 2 heterocycles. The first-order valence-corrected chi connectivity index (χ1v) is 7.39. The highest BCUT2D eigenvalue weighted by atomic mass is 16.5. The van der Waals surface area contributed by atoms with E-state index in [4.69, 9.17) is 9.47 Å². The smallest absolute Gasteiger partial charge is 0.224 e. The van der Waals surface area contributed by atoms with Gasteiger partial charge in [-0.25, -0.2) is 0 Å². The van der Waals surface area contributed by atoms with Crippen LogP contribution in [0, 0.1) is 0 Å². The third-order valence-corrected chi connectivity index (χ3v) is 4.03. The van der Waals surface area contributed by atoms with Crippen LogP contribution in [0.1, 0.15) is 22.2 Å². The maximum atomic E-state index is 12.9. The Balaban J connectivity index is 1.85. The summed E-state index contributed by atoms with van der Waals surface area (Å²) in [5, 5.41) is 0. The second-order valence-corrected chi connectivity index (χ2v) is 5.37. The minimum absolute atomic E-state index is 0.0589. The van der Waals surface area contributed by atoms with Gasteiger partial charge in [-0.1, -0.05) is 24.3 Å². The summed E-state index contributed by atoms with van der Waals surface area (Å²) in [6, 6.07) is 18.8. The van der Waals surface area contributed by atoms with E-state index >= 15 is 0 Å². The van der Waals surface area contributed by atoms with E-state index in [-0.39, 0.29) is 5.78 Å². The van der Waals surface area contributed by atoms with Gasteiger partial charge < -0.3 is 14.0 Å². The number of Topliss-reactive ketones (excluding diaryl/α,β-unsaturated/α-hetero) is 1. The summed E-state index contributed by atoms with van der Waals surface area (Å²) in [6.45, 7) is 0. The van der Waals surface area contributed by atoms with Gasteiger partial charge in [-0.15, -0.1) is 0 Å². The van der Waals surface area contributed by atoms with Crippen LogP contribution >= 0.6 is 0 Å². The lowest BCUT2D eigenvalue weighted by molar-refractivity contribution is 0.0796. The van der Waals surface area contributed by atoms with Gasteiger partial charge in [0.05, 0.1) is 18.5 Å². The Morgan fingerprint density at radius 1 is 1.00 bits per heavy atom. The lowest BCUT2D eigenvalue weighted by atomic mass is 10.0. The van der Waals surface area contributed by atoms with Crippen LogP contribution in [0.5, 0.6) is 11.5 Å². The standard InChI is InChI=1S/C19H15NO3/c1-22-14-10-8-13(9-11-14)19-18(21)16-6-4-12-20(16)15-5-2-3-7-17(15)23-19/h2-12,19H,1H3. The number of rotatable bonds is 2. The van der Waals surface area contributed by atoms with Gasteiger partial charge in [-0.05, 0) is 36.4 Å². The second-order valence-electron chi connectivity index (χ2n) is 5.37. The van der Waals surface area contributed by atoms with E-state index in [1.807, 2.05) is 71.4 Å². The molecular weight excluding hydrogens is 290 g/mol. The summed E-state index contributed by atoms with van der Waals surface area (Å²) < 4.78 is 13.1. The summed E-state index contributed by atoms with van der Waals surface area (Å²) in [5.41, 5.74) is 2.30. The molecule has 4 heteroatoms. The van der Waals surface area contributed by atoms with Crippen LogP contribution in [0.3, 0.4) is 0 Å². The van der Waals surface area contributed by atoms with E-state index in [9.17, 15) is 4.79 Å². The summed E-state index contributed by atoms with van der Waals surface area (Å²) in [5.74, 6) is 1.38. The van der Waals surface area contributed by atoms with Crippen LogP contribution in [-0.4, -0.2) is 17.5 Å². The molecule has 4 nitrogen and oxygen atoms in total. The van der Waals surface area contributed by atoms with E-state index < -0.39 is 6.10 Å². The molecule has 1 aromatic heterocycles. The first-order valence-electron chi connectivity index (χ1n) is 7.39. The first kappa shape index (κ1) is 13.6.